The summed E-state index contributed by atoms with van der Waals surface area (Å²) in [5.41, 5.74) is 0. The highest BCUT2D eigenvalue weighted by atomic mass is 15.2. The molecular weight excluding hydrogens is 284 g/mol. The van der Waals surface area contributed by atoms with E-state index in [1.165, 1.54) is 85.0 Å². The topological polar surface area (TPSA) is 13.0 Å². The summed E-state index contributed by atoms with van der Waals surface area (Å²) in [4.78, 5) is 10.3. The molecule has 140 valence electrons. The molecule has 0 aromatic heterocycles. The van der Waals surface area contributed by atoms with Crippen molar-refractivity contribution in [1.82, 2.24) is 19.6 Å². The predicted octanol–water partition coefficient (Wildman–Crippen LogP) is 2.70. The van der Waals surface area contributed by atoms with E-state index in [1.54, 1.807) is 0 Å². The largest absolute Gasteiger partial charge is 0.304 e. The highest BCUT2D eigenvalue weighted by molar-refractivity contribution is 4.66. The van der Waals surface area contributed by atoms with Crippen molar-refractivity contribution in [3.8, 4) is 0 Å². The molecule has 0 bridgehead atoms. The summed E-state index contributed by atoms with van der Waals surface area (Å²) >= 11 is 0. The van der Waals surface area contributed by atoms with Gasteiger partial charge in [0.15, 0.2) is 0 Å². The van der Waals surface area contributed by atoms with Crippen molar-refractivity contribution >= 4 is 0 Å². The van der Waals surface area contributed by atoms with Gasteiger partial charge in [0, 0.05) is 26.2 Å². The van der Waals surface area contributed by atoms with Gasteiger partial charge in [-0.1, -0.05) is 41.5 Å². The Bertz CT molecular complexity index is 220. The van der Waals surface area contributed by atoms with Crippen molar-refractivity contribution in [2.45, 2.75) is 48.0 Å². The van der Waals surface area contributed by atoms with E-state index >= 15 is 0 Å². The lowest BCUT2D eigenvalue weighted by atomic mass is 10.3. The van der Waals surface area contributed by atoms with Crippen molar-refractivity contribution < 1.29 is 0 Å². The molecule has 0 unspecified atom stereocenters. The molecule has 0 fully saturated rings. The van der Waals surface area contributed by atoms with E-state index in [0.29, 0.717) is 0 Å². The first kappa shape index (κ1) is 22.8. The molecule has 0 aromatic carbocycles. The molecule has 0 N–H and O–H groups in total. The summed E-state index contributed by atoms with van der Waals surface area (Å²) < 4.78 is 0. The summed E-state index contributed by atoms with van der Waals surface area (Å²) in [5, 5.41) is 0. The first-order valence-electron chi connectivity index (χ1n) is 10.0. The fourth-order valence-electron chi connectivity index (χ4n) is 3.04. The van der Waals surface area contributed by atoms with Gasteiger partial charge in [0.05, 0.1) is 0 Å². The Labute approximate surface area is 146 Å². The van der Waals surface area contributed by atoms with Gasteiger partial charge in [-0.05, 0) is 58.8 Å². The second kappa shape index (κ2) is 15.4. The number of rotatable bonds is 16. The van der Waals surface area contributed by atoms with Crippen LogP contribution in [0.3, 0.4) is 0 Å². The summed E-state index contributed by atoms with van der Waals surface area (Å²) in [5.74, 6) is 0. The minimum absolute atomic E-state index is 1.17. The van der Waals surface area contributed by atoms with E-state index in [9.17, 15) is 0 Å². The fourth-order valence-corrected chi connectivity index (χ4v) is 3.04. The Balaban J connectivity index is 4.29. The Morgan fingerprint density at radius 2 is 0.609 bits per heavy atom. The average molecular weight is 329 g/mol. The summed E-state index contributed by atoms with van der Waals surface area (Å²) in [6.45, 7) is 27.9. The van der Waals surface area contributed by atoms with Gasteiger partial charge < -0.3 is 19.6 Å². The zero-order valence-corrected chi connectivity index (χ0v) is 17.0. The molecule has 0 heterocycles. The van der Waals surface area contributed by atoms with Crippen LogP contribution in [0.1, 0.15) is 48.0 Å². The van der Waals surface area contributed by atoms with Crippen LogP contribution in [0.4, 0.5) is 0 Å². The van der Waals surface area contributed by atoms with E-state index in [0.717, 1.165) is 0 Å². The smallest absolute Gasteiger partial charge is 0.0110 e. The maximum Gasteiger partial charge on any atom is 0.0110 e. The van der Waals surface area contributed by atoms with E-state index < -0.39 is 0 Å². The minimum atomic E-state index is 1.17. The van der Waals surface area contributed by atoms with Crippen LogP contribution >= 0.6 is 0 Å². The Morgan fingerprint density at radius 1 is 0.348 bits per heavy atom. The van der Waals surface area contributed by atoms with Crippen LogP contribution in [0.2, 0.25) is 0 Å². The van der Waals surface area contributed by atoms with Crippen LogP contribution < -0.4 is 0 Å². The molecule has 0 radical (unpaired) electrons. The lowest BCUT2D eigenvalue weighted by molar-refractivity contribution is 0.176. The SMILES string of the molecule is CCN(CC)CCCN(CCN(CC)CC)CCN(CC)CC. The van der Waals surface area contributed by atoms with Gasteiger partial charge >= 0.3 is 0 Å². The number of hydrogen-bond acceptors (Lipinski definition) is 4. The van der Waals surface area contributed by atoms with Gasteiger partial charge in [-0.25, -0.2) is 0 Å². The van der Waals surface area contributed by atoms with Gasteiger partial charge in [-0.3, -0.25) is 0 Å². The maximum atomic E-state index is 2.68. The van der Waals surface area contributed by atoms with E-state index in [4.69, 9.17) is 0 Å². The van der Waals surface area contributed by atoms with E-state index in [-0.39, 0.29) is 0 Å². The standard InChI is InChI=1S/C19H44N4/c1-7-20(8-2)14-13-15-23(18-16-21(9-3)10-4)19-17-22(11-5)12-6/h7-19H2,1-6H3. The summed E-state index contributed by atoms with van der Waals surface area (Å²) in [7, 11) is 0. The van der Waals surface area contributed by atoms with Gasteiger partial charge in [-0.15, -0.1) is 0 Å². The average Bonchev–Trinajstić information content (AvgIpc) is 2.59. The lowest BCUT2D eigenvalue weighted by Crippen LogP contribution is -2.41. The zero-order valence-electron chi connectivity index (χ0n) is 17.0. The molecule has 4 nitrogen and oxygen atoms in total. The van der Waals surface area contributed by atoms with Gasteiger partial charge in [0.25, 0.3) is 0 Å². The first-order chi connectivity index (χ1) is 11.1. The van der Waals surface area contributed by atoms with Gasteiger partial charge in [0.1, 0.15) is 0 Å². The lowest BCUT2D eigenvalue weighted by Gasteiger charge is -2.29. The summed E-state index contributed by atoms with van der Waals surface area (Å²) in [6, 6.07) is 0. The van der Waals surface area contributed by atoms with Crippen molar-refractivity contribution in [2.24, 2.45) is 0 Å². The maximum absolute atomic E-state index is 2.68. The molecule has 23 heavy (non-hydrogen) atoms. The second-order valence-electron chi connectivity index (χ2n) is 6.28. The van der Waals surface area contributed by atoms with Crippen LogP contribution in [-0.4, -0.2) is 98.1 Å². The van der Waals surface area contributed by atoms with Gasteiger partial charge in [0.2, 0.25) is 0 Å². The molecule has 0 saturated heterocycles. The third-order valence-corrected chi connectivity index (χ3v) is 5.10. The van der Waals surface area contributed by atoms with Crippen molar-refractivity contribution in [2.75, 3.05) is 78.5 Å². The molecular formula is C19H44N4. The Hall–Kier alpha value is -0.160. The predicted molar refractivity (Wildman–Crippen MR) is 104 cm³/mol. The number of hydrogen-bond donors (Lipinski definition) is 0. The van der Waals surface area contributed by atoms with Crippen LogP contribution in [0.5, 0.6) is 0 Å². The number of nitrogens with zero attached hydrogens (tertiary/aromatic N) is 4. The molecule has 0 atom stereocenters. The third kappa shape index (κ3) is 11.1. The molecule has 0 amide bonds. The zero-order chi connectivity index (χ0) is 17.5. The first-order valence-corrected chi connectivity index (χ1v) is 10.0. The molecule has 0 saturated carbocycles. The highest BCUT2D eigenvalue weighted by Gasteiger charge is 2.10. The molecule has 4 heteroatoms. The molecule has 0 aromatic rings. The van der Waals surface area contributed by atoms with Crippen LogP contribution in [0.25, 0.3) is 0 Å². The molecule has 0 aliphatic rings. The second-order valence-corrected chi connectivity index (χ2v) is 6.28. The number of likely N-dealkylation sites (N-methyl/N-ethyl adjacent to an activating group) is 2. The Morgan fingerprint density at radius 3 is 0.957 bits per heavy atom. The van der Waals surface area contributed by atoms with Gasteiger partial charge in [-0.2, -0.15) is 0 Å². The normalized spacial score (nSPS) is 12.3. The van der Waals surface area contributed by atoms with E-state index in [1.807, 2.05) is 0 Å². The quantitative estimate of drug-likeness (QED) is 0.432. The fraction of sp³-hybridized carbons (Fsp3) is 1.00. The van der Waals surface area contributed by atoms with Crippen LogP contribution in [0, 0.1) is 0 Å². The molecule has 0 aliphatic heterocycles. The van der Waals surface area contributed by atoms with Crippen molar-refractivity contribution in [1.29, 1.82) is 0 Å². The molecule has 0 aliphatic carbocycles. The van der Waals surface area contributed by atoms with Crippen LogP contribution in [0.15, 0.2) is 0 Å². The van der Waals surface area contributed by atoms with E-state index in [2.05, 4.69) is 61.1 Å². The third-order valence-electron chi connectivity index (χ3n) is 5.10. The molecule has 0 spiro atoms. The minimum Gasteiger partial charge on any atom is -0.304 e. The summed E-state index contributed by atoms with van der Waals surface area (Å²) in [6.07, 6.45) is 1.29. The van der Waals surface area contributed by atoms with Crippen molar-refractivity contribution in [3.63, 3.8) is 0 Å². The molecule has 0 rings (SSSR count). The van der Waals surface area contributed by atoms with Crippen LogP contribution in [-0.2, 0) is 0 Å². The highest BCUT2D eigenvalue weighted by Crippen LogP contribution is 1.99. The monoisotopic (exact) mass is 328 g/mol. The Kier molecular flexibility index (Phi) is 15.3. The van der Waals surface area contributed by atoms with Crippen molar-refractivity contribution in [3.05, 3.63) is 0 Å².